The lowest BCUT2D eigenvalue weighted by molar-refractivity contribution is -0.274. The summed E-state index contributed by atoms with van der Waals surface area (Å²) in [5, 5.41) is 8.89. The summed E-state index contributed by atoms with van der Waals surface area (Å²) in [6, 6.07) is 2.68. The van der Waals surface area contributed by atoms with E-state index in [1.807, 2.05) is 0 Å². The number of amidine groups is 1. The van der Waals surface area contributed by atoms with Crippen molar-refractivity contribution < 1.29 is 27.8 Å². The topological polar surface area (TPSA) is 84.9 Å². The molecule has 0 aliphatic carbocycles. The summed E-state index contributed by atoms with van der Waals surface area (Å²) in [6.45, 7) is 0. The highest BCUT2D eigenvalue weighted by molar-refractivity contribution is 6.28. The van der Waals surface area contributed by atoms with Gasteiger partial charge in [0.25, 0.3) is 0 Å². The molecule has 1 aromatic carbocycles. The normalized spacial score (nSPS) is 12.3. The molecule has 0 amide bonds. The first-order valence-corrected chi connectivity index (χ1v) is 5.28. The number of benzene rings is 1. The molecule has 0 saturated carbocycles. The van der Waals surface area contributed by atoms with Crippen molar-refractivity contribution in [2.45, 2.75) is 6.36 Å². The van der Waals surface area contributed by atoms with Crippen LogP contribution in [0.3, 0.4) is 0 Å². The summed E-state index contributed by atoms with van der Waals surface area (Å²) in [4.78, 5) is 14.6. The summed E-state index contributed by atoms with van der Waals surface area (Å²) < 4.78 is 39.6. The fourth-order valence-electron chi connectivity index (χ4n) is 1.17. The summed E-state index contributed by atoms with van der Waals surface area (Å²) in [5.74, 6) is -2.32. The molecule has 0 radical (unpaired) electrons. The average molecular weight is 297 g/mol. The van der Waals surface area contributed by atoms with E-state index in [9.17, 15) is 18.0 Å². The number of aromatic carboxylic acids is 1. The van der Waals surface area contributed by atoms with Gasteiger partial charge in [-0.05, 0) is 18.2 Å². The molecule has 0 atom stereocenters. The van der Waals surface area contributed by atoms with Crippen LogP contribution in [0.5, 0.6) is 5.75 Å². The standard InChI is InChI=1S/C10H8ClF3N2O3/c11-4-8(15)16-7-2-1-5(19-10(12,13)14)3-6(7)9(17)18/h1-3H,4H2,(H2,15,16)(H,17,18). The second kappa shape index (κ2) is 5.79. The number of nitrogens with zero attached hydrogens (tertiary/aromatic N) is 1. The molecule has 0 aromatic heterocycles. The molecular weight excluding hydrogens is 289 g/mol. The largest absolute Gasteiger partial charge is 0.573 e. The van der Waals surface area contributed by atoms with Gasteiger partial charge in [0.05, 0.1) is 17.1 Å². The van der Waals surface area contributed by atoms with E-state index in [0.29, 0.717) is 6.07 Å². The summed E-state index contributed by atoms with van der Waals surface area (Å²) in [5.41, 5.74) is 4.74. The maximum absolute atomic E-state index is 12.0. The molecule has 1 aromatic rings. The Kier molecular flexibility index (Phi) is 4.60. The van der Waals surface area contributed by atoms with Crippen molar-refractivity contribution in [2.24, 2.45) is 10.7 Å². The van der Waals surface area contributed by atoms with Gasteiger partial charge in [-0.3, -0.25) is 0 Å². The number of ether oxygens (including phenoxy) is 1. The van der Waals surface area contributed by atoms with Gasteiger partial charge in [0.2, 0.25) is 0 Å². The maximum Gasteiger partial charge on any atom is 0.573 e. The minimum atomic E-state index is -4.91. The first-order chi connectivity index (χ1) is 8.73. The van der Waals surface area contributed by atoms with Gasteiger partial charge in [-0.1, -0.05) is 0 Å². The number of nitrogens with two attached hydrogens (primary N) is 1. The molecule has 5 nitrogen and oxygen atoms in total. The highest BCUT2D eigenvalue weighted by atomic mass is 35.5. The zero-order valence-electron chi connectivity index (χ0n) is 9.24. The van der Waals surface area contributed by atoms with Gasteiger partial charge in [-0.2, -0.15) is 0 Å². The maximum atomic E-state index is 12.0. The minimum absolute atomic E-state index is 0.0614. The van der Waals surface area contributed by atoms with Crippen LogP contribution in [0.1, 0.15) is 10.4 Å². The van der Waals surface area contributed by atoms with Gasteiger partial charge in [0, 0.05) is 0 Å². The molecule has 0 heterocycles. The SMILES string of the molecule is NC(CCl)=Nc1ccc(OC(F)(F)F)cc1C(=O)O. The lowest BCUT2D eigenvalue weighted by atomic mass is 10.1. The highest BCUT2D eigenvalue weighted by Crippen LogP contribution is 2.28. The summed E-state index contributed by atoms with van der Waals surface area (Å²) in [7, 11) is 0. The van der Waals surface area contributed by atoms with Crippen LogP contribution in [-0.4, -0.2) is 29.2 Å². The van der Waals surface area contributed by atoms with Crippen molar-refractivity contribution in [3.05, 3.63) is 23.8 Å². The molecule has 0 aliphatic heterocycles. The van der Waals surface area contributed by atoms with Gasteiger partial charge in [-0.25, -0.2) is 9.79 Å². The Hall–Kier alpha value is -1.96. The number of carboxylic acids is 1. The van der Waals surface area contributed by atoms with Crippen LogP contribution in [0.2, 0.25) is 0 Å². The molecule has 1 rings (SSSR count). The molecule has 0 saturated heterocycles. The Morgan fingerprint density at radius 2 is 2.11 bits per heavy atom. The Morgan fingerprint density at radius 1 is 1.47 bits per heavy atom. The van der Waals surface area contributed by atoms with Crippen LogP contribution in [0.25, 0.3) is 0 Å². The Morgan fingerprint density at radius 3 is 2.58 bits per heavy atom. The van der Waals surface area contributed by atoms with E-state index >= 15 is 0 Å². The number of alkyl halides is 4. The third kappa shape index (κ3) is 4.66. The Bertz CT molecular complexity index is 517. The summed E-state index contributed by atoms with van der Waals surface area (Å²) >= 11 is 5.38. The number of hydrogen-bond acceptors (Lipinski definition) is 3. The lowest BCUT2D eigenvalue weighted by Crippen LogP contribution is -2.17. The van der Waals surface area contributed by atoms with Crippen molar-refractivity contribution >= 4 is 29.1 Å². The molecule has 19 heavy (non-hydrogen) atoms. The van der Waals surface area contributed by atoms with Crippen molar-refractivity contribution in [3.63, 3.8) is 0 Å². The lowest BCUT2D eigenvalue weighted by Gasteiger charge is -2.10. The fraction of sp³-hybridized carbons (Fsp3) is 0.200. The third-order valence-electron chi connectivity index (χ3n) is 1.83. The smallest absolute Gasteiger partial charge is 0.478 e. The zero-order chi connectivity index (χ0) is 14.6. The number of aliphatic imine (C=N–C) groups is 1. The number of hydrogen-bond donors (Lipinski definition) is 2. The second-order valence-electron chi connectivity index (χ2n) is 3.27. The first-order valence-electron chi connectivity index (χ1n) is 4.75. The van der Waals surface area contributed by atoms with Crippen molar-refractivity contribution in [3.8, 4) is 5.75 Å². The van der Waals surface area contributed by atoms with Crippen LogP contribution in [0.15, 0.2) is 23.2 Å². The monoisotopic (exact) mass is 296 g/mol. The molecule has 0 spiro atoms. The van der Waals surface area contributed by atoms with Crippen LogP contribution in [0.4, 0.5) is 18.9 Å². The van der Waals surface area contributed by atoms with Crippen LogP contribution in [0, 0.1) is 0 Å². The predicted molar refractivity (Wildman–Crippen MR) is 62.1 cm³/mol. The van der Waals surface area contributed by atoms with Crippen molar-refractivity contribution in [2.75, 3.05) is 5.88 Å². The molecular formula is C10H8ClF3N2O3. The van der Waals surface area contributed by atoms with Crippen molar-refractivity contribution in [1.29, 1.82) is 0 Å². The van der Waals surface area contributed by atoms with E-state index in [1.54, 1.807) is 0 Å². The summed E-state index contributed by atoms with van der Waals surface area (Å²) in [6.07, 6.45) is -4.91. The van der Waals surface area contributed by atoms with Crippen molar-refractivity contribution in [1.82, 2.24) is 0 Å². The van der Waals surface area contributed by atoms with Gasteiger partial charge in [0.1, 0.15) is 11.6 Å². The molecule has 0 fully saturated rings. The number of rotatable bonds is 4. The van der Waals surface area contributed by atoms with E-state index in [0.717, 1.165) is 12.1 Å². The zero-order valence-corrected chi connectivity index (χ0v) is 10.00. The molecule has 0 unspecified atom stereocenters. The van der Waals surface area contributed by atoms with E-state index in [1.165, 1.54) is 0 Å². The molecule has 0 aliphatic rings. The van der Waals surface area contributed by atoms with Gasteiger partial charge in [0.15, 0.2) is 0 Å². The molecule has 104 valence electrons. The quantitative estimate of drug-likeness (QED) is 0.508. The Labute approximate surface area is 110 Å². The predicted octanol–water partition coefficient (Wildman–Crippen LogP) is 2.51. The van der Waals surface area contributed by atoms with Crippen LogP contribution >= 0.6 is 11.6 Å². The van der Waals surface area contributed by atoms with E-state index in [4.69, 9.17) is 22.4 Å². The van der Waals surface area contributed by atoms with E-state index < -0.39 is 23.6 Å². The van der Waals surface area contributed by atoms with Gasteiger partial charge in [-0.15, -0.1) is 24.8 Å². The van der Waals surface area contributed by atoms with Gasteiger partial charge >= 0.3 is 12.3 Å². The number of carboxylic acid groups (broad SMARTS) is 1. The molecule has 3 N–H and O–H groups in total. The number of halogens is 4. The average Bonchev–Trinajstić information content (AvgIpc) is 2.28. The first kappa shape index (κ1) is 15.1. The molecule has 9 heteroatoms. The van der Waals surface area contributed by atoms with Gasteiger partial charge < -0.3 is 15.6 Å². The minimum Gasteiger partial charge on any atom is -0.478 e. The fourth-order valence-corrected chi connectivity index (χ4v) is 1.23. The van der Waals surface area contributed by atoms with Crippen LogP contribution in [-0.2, 0) is 0 Å². The van der Waals surface area contributed by atoms with E-state index in [2.05, 4.69) is 9.73 Å². The molecule has 0 bridgehead atoms. The second-order valence-corrected chi connectivity index (χ2v) is 3.54. The highest BCUT2D eigenvalue weighted by Gasteiger charge is 2.31. The Balaban J connectivity index is 3.19. The third-order valence-corrected chi connectivity index (χ3v) is 2.11. The van der Waals surface area contributed by atoms with E-state index in [-0.39, 0.29) is 17.4 Å². The van der Waals surface area contributed by atoms with Crippen LogP contribution < -0.4 is 10.5 Å². The number of carbonyl (C=O) groups is 1.